The zero-order valence-corrected chi connectivity index (χ0v) is 13.0. The molecule has 0 aliphatic carbocycles. The highest BCUT2D eigenvalue weighted by Crippen LogP contribution is 2.20. The zero-order chi connectivity index (χ0) is 14.3. The molecule has 4 nitrogen and oxygen atoms in total. The van der Waals surface area contributed by atoms with Crippen LogP contribution in [0.4, 0.5) is 4.79 Å². The summed E-state index contributed by atoms with van der Waals surface area (Å²) in [6, 6.07) is 0.292. The molecule has 1 amide bonds. The average molecular weight is 270 g/mol. The molecule has 1 saturated heterocycles. The van der Waals surface area contributed by atoms with Crippen LogP contribution in [0.3, 0.4) is 0 Å². The van der Waals surface area contributed by atoms with Crippen molar-refractivity contribution in [3.8, 4) is 0 Å². The van der Waals surface area contributed by atoms with Crippen LogP contribution in [-0.4, -0.2) is 42.3 Å². The van der Waals surface area contributed by atoms with Gasteiger partial charge in [0.2, 0.25) is 0 Å². The minimum absolute atomic E-state index is 0.158. The number of carbonyl (C=O) groups excluding carboxylic acids is 1. The number of hydrogen-bond acceptors (Lipinski definition) is 3. The molecule has 19 heavy (non-hydrogen) atoms. The molecule has 1 rings (SSSR count). The zero-order valence-electron chi connectivity index (χ0n) is 13.0. The van der Waals surface area contributed by atoms with Crippen molar-refractivity contribution in [2.75, 3.05) is 19.6 Å². The number of piperidine rings is 1. The lowest BCUT2D eigenvalue weighted by molar-refractivity contribution is 0.00998. The van der Waals surface area contributed by atoms with Gasteiger partial charge in [-0.1, -0.05) is 13.3 Å². The van der Waals surface area contributed by atoms with E-state index >= 15 is 0 Å². The third kappa shape index (κ3) is 6.28. The number of nitrogens with zero attached hydrogens (tertiary/aromatic N) is 1. The van der Waals surface area contributed by atoms with Crippen molar-refractivity contribution in [2.45, 2.75) is 71.4 Å². The Morgan fingerprint density at radius 3 is 2.74 bits per heavy atom. The van der Waals surface area contributed by atoms with E-state index in [-0.39, 0.29) is 6.09 Å². The van der Waals surface area contributed by atoms with E-state index < -0.39 is 5.60 Å². The Kier molecular flexibility index (Phi) is 6.63. The van der Waals surface area contributed by atoms with Crippen molar-refractivity contribution in [3.05, 3.63) is 0 Å². The monoisotopic (exact) mass is 270 g/mol. The van der Waals surface area contributed by atoms with Crippen LogP contribution in [-0.2, 0) is 4.74 Å². The second kappa shape index (κ2) is 7.73. The molecule has 4 heteroatoms. The molecule has 112 valence electrons. The number of likely N-dealkylation sites (tertiary alicyclic amines) is 1. The first kappa shape index (κ1) is 16.3. The third-order valence-electron chi connectivity index (χ3n) is 3.34. The summed E-state index contributed by atoms with van der Waals surface area (Å²) < 4.78 is 5.49. The molecule has 0 bridgehead atoms. The molecule has 1 atom stereocenters. The Bertz CT molecular complexity index is 274. The molecule has 1 fully saturated rings. The highest BCUT2D eigenvalue weighted by Gasteiger charge is 2.29. The van der Waals surface area contributed by atoms with Crippen LogP contribution in [0, 0.1) is 0 Å². The SMILES string of the molecule is CCCCNCC1CCCCN1C(=O)OC(C)(C)C. The van der Waals surface area contributed by atoms with Gasteiger partial charge in [-0.15, -0.1) is 0 Å². The van der Waals surface area contributed by atoms with E-state index in [1.165, 1.54) is 19.3 Å². The van der Waals surface area contributed by atoms with Crippen LogP contribution in [0.2, 0.25) is 0 Å². The van der Waals surface area contributed by atoms with Gasteiger partial charge < -0.3 is 15.0 Å². The van der Waals surface area contributed by atoms with Gasteiger partial charge >= 0.3 is 6.09 Å². The first-order chi connectivity index (χ1) is 8.94. The summed E-state index contributed by atoms with van der Waals surface area (Å²) in [6.45, 7) is 10.7. The third-order valence-corrected chi connectivity index (χ3v) is 3.34. The molecule has 1 unspecified atom stereocenters. The van der Waals surface area contributed by atoms with Crippen molar-refractivity contribution in [1.82, 2.24) is 10.2 Å². The van der Waals surface area contributed by atoms with E-state index in [0.717, 1.165) is 32.5 Å². The molecule has 0 radical (unpaired) electrons. The van der Waals surface area contributed by atoms with Crippen molar-refractivity contribution in [2.24, 2.45) is 0 Å². The average Bonchev–Trinajstić information content (AvgIpc) is 2.33. The fourth-order valence-electron chi connectivity index (χ4n) is 2.34. The molecule has 1 N–H and O–H groups in total. The Labute approximate surface area is 117 Å². The number of carbonyl (C=O) groups is 1. The number of ether oxygens (including phenoxy) is 1. The molecule has 0 aromatic heterocycles. The highest BCUT2D eigenvalue weighted by molar-refractivity contribution is 5.68. The van der Waals surface area contributed by atoms with Crippen molar-refractivity contribution < 1.29 is 9.53 Å². The lowest BCUT2D eigenvalue weighted by Crippen LogP contribution is -2.50. The van der Waals surface area contributed by atoms with Gasteiger partial charge in [0.1, 0.15) is 5.60 Å². The molecule has 0 aromatic rings. The first-order valence-electron chi connectivity index (χ1n) is 7.64. The number of amides is 1. The summed E-state index contributed by atoms with van der Waals surface area (Å²) in [7, 11) is 0. The van der Waals surface area contributed by atoms with Crippen LogP contribution in [0.15, 0.2) is 0 Å². The molecule has 0 saturated carbocycles. The first-order valence-corrected chi connectivity index (χ1v) is 7.64. The van der Waals surface area contributed by atoms with Gasteiger partial charge in [-0.2, -0.15) is 0 Å². The van der Waals surface area contributed by atoms with Gasteiger partial charge in [0, 0.05) is 19.1 Å². The van der Waals surface area contributed by atoms with Gasteiger partial charge in [0.05, 0.1) is 0 Å². The number of unbranched alkanes of at least 4 members (excludes halogenated alkanes) is 1. The summed E-state index contributed by atoms with van der Waals surface area (Å²) in [6.07, 6.45) is 5.62. The second-order valence-electron chi connectivity index (χ2n) is 6.38. The molecule has 1 aliphatic heterocycles. The van der Waals surface area contributed by atoms with Gasteiger partial charge in [-0.25, -0.2) is 4.79 Å². The fraction of sp³-hybridized carbons (Fsp3) is 0.933. The van der Waals surface area contributed by atoms with Crippen molar-refractivity contribution >= 4 is 6.09 Å². The minimum Gasteiger partial charge on any atom is -0.444 e. The van der Waals surface area contributed by atoms with E-state index in [1.54, 1.807) is 0 Å². The van der Waals surface area contributed by atoms with Gasteiger partial charge in [-0.05, 0) is 53.0 Å². The van der Waals surface area contributed by atoms with Crippen molar-refractivity contribution in [3.63, 3.8) is 0 Å². The second-order valence-corrected chi connectivity index (χ2v) is 6.38. The number of hydrogen-bond donors (Lipinski definition) is 1. The van der Waals surface area contributed by atoms with Gasteiger partial charge in [-0.3, -0.25) is 0 Å². The van der Waals surface area contributed by atoms with Crippen LogP contribution in [0.25, 0.3) is 0 Å². The summed E-state index contributed by atoms with van der Waals surface area (Å²) in [5.41, 5.74) is -0.408. The van der Waals surface area contributed by atoms with Gasteiger partial charge in [0.25, 0.3) is 0 Å². The Balaban J connectivity index is 2.45. The number of rotatable bonds is 5. The van der Waals surface area contributed by atoms with Crippen LogP contribution >= 0.6 is 0 Å². The molecular formula is C15H30N2O2. The van der Waals surface area contributed by atoms with E-state index in [4.69, 9.17) is 4.74 Å². The summed E-state index contributed by atoms with van der Waals surface area (Å²) >= 11 is 0. The quantitative estimate of drug-likeness (QED) is 0.780. The minimum atomic E-state index is -0.408. The van der Waals surface area contributed by atoms with Crippen LogP contribution < -0.4 is 5.32 Å². The maximum atomic E-state index is 12.2. The van der Waals surface area contributed by atoms with Gasteiger partial charge in [0.15, 0.2) is 0 Å². The fourth-order valence-corrected chi connectivity index (χ4v) is 2.34. The normalized spacial score (nSPS) is 20.4. The van der Waals surface area contributed by atoms with E-state index in [1.807, 2.05) is 25.7 Å². The Hall–Kier alpha value is -0.770. The van der Waals surface area contributed by atoms with Crippen LogP contribution in [0.1, 0.15) is 59.8 Å². The standard InChI is InChI=1S/C15H30N2O2/c1-5-6-10-16-12-13-9-7-8-11-17(13)14(18)19-15(2,3)4/h13,16H,5-12H2,1-4H3. The molecule has 1 aliphatic rings. The van der Waals surface area contributed by atoms with Crippen LogP contribution in [0.5, 0.6) is 0 Å². The Morgan fingerprint density at radius 2 is 2.11 bits per heavy atom. The summed E-state index contributed by atoms with van der Waals surface area (Å²) in [4.78, 5) is 14.1. The lowest BCUT2D eigenvalue weighted by atomic mass is 10.0. The predicted octanol–water partition coefficient (Wildman–Crippen LogP) is 3.17. The van der Waals surface area contributed by atoms with E-state index in [2.05, 4.69) is 12.2 Å². The van der Waals surface area contributed by atoms with E-state index in [0.29, 0.717) is 6.04 Å². The molecular weight excluding hydrogens is 240 g/mol. The Morgan fingerprint density at radius 1 is 1.37 bits per heavy atom. The van der Waals surface area contributed by atoms with Crippen molar-refractivity contribution in [1.29, 1.82) is 0 Å². The largest absolute Gasteiger partial charge is 0.444 e. The van der Waals surface area contributed by atoms with E-state index in [9.17, 15) is 4.79 Å². The summed E-state index contributed by atoms with van der Waals surface area (Å²) in [5.74, 6) is 0. The maximum Gasteiger partial charge on any atom is 0.410 e. The highest BCUT2D eigenvalue weighted by atomic mass is 16.6. The smallest absolute Gasteiger partial charge is 0.410 e. The summed E-state index contributed by atoms with van der Waals surface area (Å²) in [5, 5.41) is 3.45. The topological polar surface area (TPSA) is 41.6 Å². The predicted molar refractivity (Wildman–Crippen MR) is 78.4 cm³/mol. The molecule has 0 aromatic carbocycles. The molecule has 0 spiro atoms. The maximum absolute atomic E-state index is 12.2. The number of nitrogens with one attached hydrogen (secondary N) is 1. The lowest BCUT2D eigenvalue weighted by Gasteiger charge is -2.37. The molecule has 1 heterocycles.